The van der Waals surface area contributed by atoms with Crippen molar-refractivity contribution >= 4 is 39.1 Å². The van der Waals surface area contributed by atoms with E-state index in [0.717, 1.165) is 9.87 Å². The summed E-state index contributed by atoms with van der Waals surface area (Å²) in [5, 5.41) is 3.30. The molecule has 0 saturated heterocycles. The van der Waals surface area contributed by atoms with Crippen molar-refractivity contribution in [3.63, 3.8) is 0 Å². The van der Waals surface area contributed by atoms with Crippen LogP contribution in [0.1, 0.15) is 38.3 Å². The van der Waals surface area contributed by atoms with E-state index >= 15 is 0 Å². The molecule has 0 spiro atoms. The Balaban J connectivity index is 2.17. The Morgan fingerprint density at radius 1 is 0.976 bits per heavy atom. The molecule has 9 nitrogen and oxygen atoms in total. The second-order valence-electron chi connectivity index (χ2n) is 10.1. The average molecular weight is 616 g/mol. The number of halogens is 1. The van der Waals surface area contributed by atoms with Gasteiger partial charge in [0, 0.05) is 23.7 Å². The van der Waals surface area contributed by atoms with E-state index < -0.39 is 28.5 Å². The van der Waals surface area contributed by atoms with Gasteiger partial charge in [-0.05, 0) is 63.1 Å². The van der Waals surface area contributed by atoms with Crippen molar-refractivity contribution in [3.05, 3.63) is 82.9 Å². The van der Waals surface area contributed by atoms with Crippen molar-refractivity contribution in [1.29, 1.82) is 0 Å². The van der Waals surface area contributed by atoms with Gasteiger partial charge in [-0.1, -0.05) is 54.4 Å². The normalized spacial score (nSPS) is 12.0. The third kappa shape index (κ3) is 7.74. The van der Waals surface area contributed by atoms with Gasteiger partial charge in [-0.2, -0.15) is 0 Å². The SMILES string of the molecule is CCC(C(=O)NC(C)C)N(Cc1ccccc1Cl)C(=O)CN(c1cc(OC)ccc1OC)S(=O)(=O)c1ccc(C)cc1. The summed E-state index contributed by atoms with van der Waals surface area (Å²) in [6.07, 6.45) is 0.294. The predicted molar refractivity (Wildman–Crippen MR) is 165 cm³/mol. The van der Waals surface area contributed by atoms with Crippen LogP contribution in [-0.4, -0.2) is 58.0 Å². The van der Waals surface area contributed by atoms with Gasteiger partial charge >= 0.3 is 0 Å². The van der Waals surface area contributed by atoms with E-state index in [0.29, 0.717) is 22.8 Å². The van der Waals surface area contributed by atoms with Gasteiger partial charge in [0.2, 0.25) is 11.8 Å². The van der Waals surface area contributed by atoms with E-state index in [-0.39, 0.29) is 34.8 Å². The molecule has 0 radical (unpaired) electrons. The summed E-state index contributed by atoms with van der Waals surface area (Å²) in [6.45, 7) is 6.68. The molecular formula is C31H38ClN3O6S. The van der Waals surface area contributed by atoms with Crippen molar-refractivity contribution in [2.24, 2.45) is 0 Å². The minimum Gasteiger partial charge on any atom is -0.497 e. The summed E-state index contributed by atoms with van der Waals surface area (Å²) < 4.78 is 40.2. The Bertz CT molecular complexity index is 1490. The first-order valence-electron chi connectivity index (χ1n) is 13.6. The van der Waals surface area contributed by atoms with Gasteiger partial charge < -0.3 is 19.7 Å². The molecule has 1 atom stereocenters. The number of rotatable bonds is 13. The lowest BCUT2D eigenvalue weighted by Gasteiger charge is -2.34. The lowest BCUT2D eigenvalue weighted by atomic mass is 10.1. The zero-order valence-electron chi connectivity index (χ0n) is 24.8. The van der Waals surface area contributed by atoms with Crippen LogP contribution in [0.3, 0.4) is 0 Å². The average Bonchev–Trinajstić information content (AvgIpc) is 2.96. The third-order valence-electron chi connectivity index (χ3n) is 6.66. The van der Waals surface area contributed by atoms with Crippen molar-refractivity contribution in [2.75, 3.05) is 25.1 Å². The van der Waals surface area contributed by atoms with Crippen LogP contribution >= 0.6 is 11.6 Å². The highest BCUT2D eigenvalue weighted by atomic mass is 35.5. The molecule has 3 aromatic carbocycles. The van der Waals surface area contributed by atoms with Crippen LogP contribution in [-0.2, 0) is 26.2 Å². The minimum atomic E-state index is -4.29. The minimum absolute atomic E-state index is 0.00378. The van der Waals surface area contributed by atoms with Crippen molar-refractivity contribution < 1.29 is 27.5 Å². The van der Waals surface area contributed by atoms with Gasteiger partial charge in [-0.25, -0.2) is 8.42 Å². The topological polar surface area (TPSA) is 105 Å². The molecular weight excluding hydrogens is 578 g/mol. The molecule has 2 amide bonds. The lowest BCUT2D eigenvalue weighted by molar-refractivity contribution is -0.140. The summed E-state index contributed by atoms with van der Waals surface area (Å²) in [6, 6.07) is 17.0. The number of benzene rings is 3. The Morgan fingerprint density at radius 3 is 2.21 bits per heavy atom. The Morgan fingerprint density at radius 2 is 1.64 bits per heavy atom. The van der Waals surface area contributed by atoms with E-state index in [4.69, 9.17) is 21.1 Å². The van der Waals surface area contributed by atoms with Crippen LogP contribution in [0.15, 0.2) is 71.6 Å². The van der Waals surface area contributed by atoms with E-state index in [1.807, 2.05) is 20.8 Å². The van der Waals surface area contributed by atoms with Gasteiger partial charge in [0.25, 0.3) is 10.0 Å². The molecule has 0 saturated carbocycles. The summed E-state index contributed by atoms with van der Waals surface area (Å²) in [4.78, 5) is 28.9. The number of carbonyl (C=O) groups excluding carboxylic acids is 2. The summed E-state index contributed by atoms with van der Waals surface area (Å²) in [5.41, 5.74) is 1.61. The van der Waals surface area contributed by atoms with Crippen LogP contribution in [0.2, 0.25) is 5.02 Å². The van der Waals surface area contributed by atoms with Crippen LogP contribution in [0, 0.1) is 6.92 Å². The highest BCUT2D eigenvalue weighted by Crippen LogP contribution is 2.36. The molecule has 1 unspecified atom stereocenters. The Labute approximate surface area is 253 Å². The van der Waals surface area contributed by atoms with E-state index in [1.54, 1.807) is 55.5 Å². The first kappa shape index (κ1) is 32.8. The zero-order chi connectivity index (χ0) is 31.0. The molecule has 42 heavy (non-hydrogen) atoms. The van der Waals surface area contributed by atoms with Gasteiger partial charge in [0.15, 0.2) is 0 Å². The van der Waals surface area contributed by atoms with E-state index in [2.05, 4.69) is 5.32 Å². The zero-order valence-corrected chi connectivity index (χ0v) is 26.3. The number of sulfonamides is 1. The largest absolute Gasteiger partial charge is 0.497 e. The summed E-state index contributed by atoms with van der Waals surface area (Å²) >= 11 is 6.45. The smallest absolute Gasteiger partial charge is 0.264 e. The molecule has 0 fully saturated rings. The Hall–Kier alpha value is -3.76. The molecule has 0 aliphatic heterocycles. The molecule has 1 N–H and O–H groups in total. The highest BCUT2D eigenvalue weighted by molar-refractivity contribution is 7.92. The fraction of sp³-hybridized carbons (Fsp3) is 0.355. The fourth-order valence-electron chi connectivity index (χ4n) is 4.45. The van der Waals surface area contributed by atoms with Crippen LogP contribution in [0.5, 0.6) is 11.5 Å². The molecule has 0 aliphatic rings. The van der Waals surface area contributed by atoms with Crippen molar-refractivity contribution in [1.82, 2.24) is 10.2 Å². The first-order valence-corrected chi connectivity index (χ1v) is 15.4. The number of hydrogen-bond donors (Lipinski definition) is 1. The number of hydrogen-bond acceptors (Lipinski definition) is 6. The molecule has 0 heterocycles. The molecule has 3 rings (SSSR count). The second-order valence-corrected chi connectivity index (χ2v) is 12.3. The maximum absolute atomic E-state index is 14.2. The quantitative estimate of drug-likeness (QED) is 0.284. The molecule has 0 aromatic heterocycles. The van der Waals surface area contributed by atoms with Crippen LogP contribution in [0.4, 0.5) is 5.69 Å². The molecule has 11 heteroatoms. The van der Waals surface area contributed by atoms with Crippen molar-refractivity contribution in [2.45, 2.75) is 57.6 Å². The van der Waals surface area contributed by atoms with E-state index in [9.17, 15) is 18.0 Å². The number of amides is 2. The predicted octanol–water partition coefficient (Wildman–Crippen LogP) is 5.19. The molecule has 0 bridgehead atoms. The first-order chi connectivity index (χ1) is 19.9. The number of carbonyl (C=O) groups is 2. The van der Waals surface area contributed by atoms with Crippen LogP contribution in [0.25, 0.3) is 0 Å². The standard InChI is InChI=1S/C31H38ClN3O6S/c1-7-27(31(37)33-21(2)3)34(19-23-10-8-9-11-26(23)32)30(36)20-35(28-18-24(40-5)14-17-29(28)41-6)42(38,39)25-15-12-22(4)13-16-25/h8-18,21,27H,7,19-20H2,1-6H3,(H,33,37). The van der Waals surface area contributed by atoms with Gasteiger partial charge in [0.1, 0.15) is 24.1 Å². The lowest BCUT2D eigenvalue weighted by Crippen LogP contribution is -2.53. The number of nitrogens with zero attached hydrogens (tertiary/aromatic N) is 2. The summed E-state index contributed by atoms with van der Waals surface area (Å²) in [5.74, 6) is -0.347. The van der Waals surface area contributed by atoms with E-state index in [1.165, 1.54) is 37.3 Å². The number of aryl methyl sites for hydroxylation is 1. The highest BCUT2D eigenvalue weighted by Gasteiger charge is 2.35. The van der Waals surface area contributed by atoms with Gasteiger partial charge in [0.05, 0.1) is 24.8 Å². The van der Waals surface area contributed by atoms with Crippen molar-refractivity contribution in [3.8, 4) is 11.5 Å². The molecule has 3 aromatic rings. The monoisotopic (exact) mass is 615 g/mol. The summed E-state index contributed by atoms with van der Waals surface area (Å²) in [7, 11) is -1.41. The number of methoxy groups -OCH3 is 2. The maximum Gasteiger partial charge on any atom is 0.264 e. The second kappa shape index (κ2) is 14.4. The molecule has 0 aliphatic carbocycles. The van der Waals surface area contributed by atoms with Gasteiger partial charge in [-0.15, -0.1) is 0 Å². The fourth-order valence-corrected chi connectivity index (χ4v) is 6.06. The number of ether oxygens (including phenoxy) is 2. The Kier molecular flexibility index (Phi) is 11.2. The number of nitrogens with one attached hydrogen (secondary N) is 1. The maximum atomic E-state index is 14.2. The van der Waals surface area contributed by atoms with Crippen LogP contribution < -0.4 is 19.1 Å². The third-order valence-corrected chi connectivity index (χ3v) is 8.80. The van der Waals surface area contributed by atoms with Gasteiger partial charge in [-0.3, -0.25) is 13.9 Å². The number of anilines is 1. The molecule has 226 valence electrons.